The summed E-state index contributed by atoms with van der Waals surface area (Å²) in [7, 11) is 0. The second kappa shape index (κ2) is 14.3. The second-order valence-electron chi connectivity index (χ2n) is 10.6. The molecule has 0 aliphatic heterocycles. The number of aliphatic hydroxyl groups excluding tert-OH is 1. The van der Waals surface area contributed by atoms with Gasteiger partial charge in [0, 0.05) is 6.61 Å². The van der Waals surface area contributed by atoms with Gasteiger partial charge in [-0.3, -0.25) is 0 Å². The predicted molar refractivity (Wildman–Crippen MR) is 144 cm³/mol. The van der Waals surface area contributed by atoms with Crippen LogP contribution in [0.25, 0.3) is 11.1 Å². The lowest BCUT2D eigenvalue weighted by Crippen LogP contribution is -2.26. The van der Waals surface area contributed by atoms with E-state index < -0.39 is 0 Å². The van der Waals surface area contributed by atoms with Crippen molar-refractivity contribution in [2.24, 2.45) is 5.41 Å². The van der Waals surface area contributed by atoms with E-state index in [-0.39, 0.29) is 5.41 Å². The number of unbranched alkanes of at least 4 members (excludes halogenated alkanes) is 7. The number of benzene rings is 2. The van der Waals surface area contributed by atoms with Crippen LogP contribution in [0.3, 0.4) is 0 Å². The maximum Gasteiger partial charge on any atom is 0.0689 e. The van der Waals surface area contributed by atoms with Gasteiger partial charge in [-0.2, -0.15) is 5.26 Å². The minimum Gasteiger partial charge on any atom is -0.396 e. The van der Waals surface area contributed by atoms with Gasteiger partial charge < -0.3 is 5.11 Å². The Labute approximate surface area is 208 Å². The van der Waals surface area contributed by atoms with E-state index in [2.05, 4.69) is 61.5 Å². The lowest BCUT2D eigenvalue weighted by molar-refractivity contribution is 0.218. The third-order valence-corrected chi connectivity index (χ3v) is 7.88. The molecule has 0 spiro atoms. The molecule has 2 atom stereocenters. The van der Waals surface area contributed by atoms with E-state index in [0.717, 1.165) is 32.1 Å². The fraction of sp³-hybridized carbons (Fsp3) is 0.594. The molecule has 2 aromatic carbocycles. The number of aliphatic hydroxyl groups is 1. The molecule has 184 valence electrons. The van der Waals surface area contributed by atoms with Crippen LogP contribution >= 0.6 is 0 Å². The molecule has 2 aromatic rings. The van der Waals surface area contributed by atoms with Crippen molar-refractivity contribution in [1.29, 1.82) is 5.26 Å². The van der Waals surface area contributed by atoms with Crippen LogP contribution in [-0.2, 0) is 6.42 Å². The van der Waals surface area contributed by atoms with Gasteiger partial charge in [-0.1, -0.05) is 107 Å². The van der Waals surface area contributed by atoms with Gasteiger partial charge in [0.25, 0.3) is 0 Å². The van der Waals surface area contributed by atoms with Gasteiger partial charge in [-0.15, -0.1) is 0 Å². The first-order chi connectivity index (χ1) is 16.7. The van der Waals surface area contributed by atoms with Gasteiger partial charge in [-0.25, -0.2) is 0 Å². The number of nitriles is 1. The molecule has 0 aromatic heterocycles. The molecule has 2 nitrogen and oxygen atoms in total. The first kappa shape index (κ1) is 26.5. The highest BCUT2D eigenvalue weighted by Gasteiger charge is 2.36. The molecule has 0 radical (unpaired) electrons. The number of aryl methyl sites for hydroxylation is 1. The van der Waals surface area contributed by atoms with Crippen molar-refractivity contribution in [3.05, 3.63) is 59.7 Å². The Morgan fingerprint density at radius 2 is 1.47 bits per heavy atom. The summed E-state index contributed by atoms with van der Waals surface area (Å²) in [6.07, 6.45) is 17.4. The Balaban J connectivity index is 1.52. The van der Waals surface area contributed by atoms with Crippen molar-refractivity contribution in [3.63, 3.8) is 0 Å². The molecule has 0 saturated heterocycles. The van der Waals surface area contributed by atoms with Crippen molar-refractivity contribution < 1.29 is 5.11 Å². The molecule has 0 amide bonds. The topological polar surface area (TPSA) is 44.0 Å². The van der Waals surface area contributed by atoms with Crippen LogP contribution in [0.2, 0.25) is 0 Å². The van der Waals surface area contributed by atoms with Crippen LogP contribution in [0, 0.1) is 16.7 Å². The van der Waals surface area contributed by atoms with E-state index in [1.807, 2.05) is 0 Å². The molecule has 0 heterocycles. The highest BCUT2D eigenvalue weighted by molar-refractivity contribution is 5.64. The number of hydrogen-bond acceptors (Lipinski definition) is 2. The highest BCUT2D eigenvalue weighted by atomic mass is 16.2. The SMILES string of the molecule is CCCCc1ccc(-c2ccc(C3CCCC(C#N)(CCCCCCCCCO)C3)cc2)cc1. The van der Waals surface area contributed by atoms with Gasteiger partial charge in [0.2, 0.25) is 0 Å². The standard InChI is InChI=1S/C32H45NO/c1-2-3-12-27-14-16-28(17-15-27)29-18-20-30(21-19-29)31-13-11-23-32(25-31,26-33)22-9-7-5-4-6-8-10-24-34/h14-21,31,34H,2-13,22-25H2,1H3. The van der Waals surface area contributed by atoms with E-state index in [9.17, 15) is 5.26 Å². The van der Waals surface area contributed by atoms with Crippen LogP contribution in [0.4, 0.5) is 0 Å². The van der Waals surface area contributed by atoms with Crippen LogP contribution in [0.15, 0.2) is 48.5 Å². The zero-order valence-corrected chi connectivity index (χ0v) is 21.4. The Morgan fingerprint density at radius 1 is 0.853 bits per heavy atom. The van der Waals surface area contributed by atoms with Crippen LogP contribution in [0.1, 0.15) is 114 Å². The summed E-state index contributed by atoms with van der Waals surface area (Å²) >= 11 is 0. The maximum absolute atomic E-state index is 10.1. The normalized spacial score (nSPS) is 20.2. The first-order valence-electron chi connectivity index (χ1n) is 13.9. The predicted octanol–water partition coefficient (Wildman–Crippen LogP) is 8.98. The molecule has 1 saturated carbocycles. The number of rotatable bonds is 14. The molecule has 1 N–H and O–H groups in total. The van der Waals surface area contributed by atoms with Gasteiger partial charge >= 0.3 is 0 Å². The smallest absolute Gasteiger partial charge is 0.0689 e. The summed E-state index contributed by atoms with van der Waals surface area (Å²) in [4.78, 5) is 0. The molecule has 3 rings (SSSR count). The largest absolute Gasteiger partial charge is 0.396 e. The average Bonchev–Trinajstić information content (AvgIpc) is 2.89. The van der Waals surface area contributed by atoms with Crippen LogP contribution in [0.5, 0.6) is 0 Å². The van der Waals surface area contributed by atoms with E-state index in [4.69, 9.17) is 5.11 Å². The molecule has 2 unspecified atom stereocenters. The molecular weight excluding hydrogens is 414 g/mol. The van der Waals surface area contributed by atoms with Crippen molar-refractivity contribution >= 4 is 0 Å². The summed E-state index contributed by atoms with van der Waals surface area (Å²) in [6.45, 7) is 2.56. The lowest BCUT2D eigenvalue weighted by Gasteiger charge is -2.36. The van der Waals surface area contributed by atoms with E-state index in [1.165, 1.54) is 86.5 Å². The van der Waals surface area contributed by atoms with E-state index in [0.29, 0.717) is 12.5 Å². The summed E-state index contributed by atoms with van der Waals surface area (Å²) in [6, 6.07) is 21.0. The molecule has 1 aliphatic carbocycles. The molecule has 1 fully saturated rings. The zero-order chi connectivity index (χ0) is 24.1. The van der Waals surface area contributed by atoms with Gasteiger partial charge in [-0.05, 0) is 73.1 Å². The van der Waals surface area contributed by atoms with Crippen LogP contribution in [-0.4, -0.2) is 11.7 Å². The molecule has 0 bridgehead atoms. The fourth-order valence-electron chi connectivity index (χ4n) is 5.68. The molecular formula is C32H45NO. The van der Waals surface area contributed by atoms with E-state index >= 15 is 0 Å². The Hall–Kier alpha value is -2.11. The molecule has 1 aliphatic rings. The second-order valence-corrected chi connectivity index (χ2v) is 10.6. The minimum absolute atomic E-state index is 0.132. The summed E-state index contributed by atoms with van der Waals surface area (Å²) in [5.74, 6) is 0.511. The Bertz CT molecular complexity index is 863. The van der Waals surface area contributed by atoms with Crippen molar-refractivity contribution in [2.75, 3.05) is 6.61 Å². The average molecular weight is 460 g/mol. The molecule has 34 heavy (non-hydrogen) atoms. The van der Waals surface area contributed by atoms with Gasteiger partial charge in [0.05, 0.1) is 11.5 Å². The summed E-state index contributed by atoms with van der Waals surface area (Å²) in [5, 5.41) is 19.0. The van der Waals surface area contributed by atoms with Crippen molar-refractivity contribution in [2.45, 2.75) is 109 Å². The van der Waals surface area contributed by atoms with Gasteiger partial charge in [0.15, 0.2) is 0 Å². The lowest BCUT2D eigenvalue weighted by atomic mass is 9.66. The highest BCUT2D eigenvalue weighted by Crippen LogP contribution is 2.46. The number of hydrogen-bond donors (Lipinski definition) is 1. The van der Waals surface area contributed by atoms with E-state index in [1.54, 1.807) is 0 Å². The monoisotopic (exact) mass is 459 g/mol. The zero-order valence-electron chi connectivity index (χ0n) is 21.4. The summed E-state index contributed by atoms with van der Waals surface area (Å²) in [5.41, 5.74) is 5.28. The minimum atomic E-state index is -0.132. The third kappa shape index (κ3) is 7.99. The molecule has 2 heteroatoms. The van der Waals surface area contributed by atoms with Crippen molar-refractivity contribution in [3.8, 4) is 17.2 Å². The third-order valence-electron chi connectivity index (χ3n) is 7.88. The fourth-order valence-corrected chi connectivity index (χ4v) is 5.68. The van der Waals surface area contributed by atoms with Crippen molar-refractivity contribution in [1.82, 2.24) is 0 Å². The number of nitrogens with zero attached hydrogens (tertiary/aromatic N) is 1. The van der Waals surface area contributed by atoms with Gasteiger partial charge in [0.1, 0.15) is 0 Å². The Morgan fingerprint density at radius 3 is 2.09 bits per heavy atom. The first-order valence-corrected chi connectivity index (χ1v) is 13.9. The summed E-state index contributed by atoms with van der Waals surface area (Å²) < 4.78 is 0. The quantitative estimate of drug-likeness (QED) is 0.286. The van der Waals surface area contributed by atoms with Crippen LogP contribution < -0.4 is 0 Å². The maximum atomic E-state index is 10.1. The Kier molecular flexibility index (Phi) is 11.2.